The molecule has 0 aliphatic carbocycles. The zero-order valence-corrected chi connectivity index (χ0v) is 14.8. The van der Waals surface area contributed by atoms with E-state index in [1.165, 1.54) is 20.1 Å². The van der Waals surface area contributed by atoms with E-state index in [4.69, 9.17) is 14.2 Å². The second-order valence-electron chi connectivity index (χ2n) is 4.90. The van der Waals surface area contributed by atoms with E-state index in [-0.39, 0.29) is 0 Å². The molecule has 1 N–H and O–H groups in total. The number of methoxy groups -OCH3 is 2. The molecule has 1 aromatic carbocycles. The Morgan fingerprint density at radius 3 is 2.58 bits per heavy atom. The molecule has 0 aromatic heterocycles. The van der Waals surface area contributed by atoms with Crippen molar-refractivity contribution in [3.05, 3.63) is 42.5 Å². The summed E-state index contributed by atoms with van der Waals surface area (Å²) in [5.41, 5.74) is 0.663. The van der Waals surface area contributed by atoms with Crippen molar-refractivity contribution in [1.82, 2.24) is 5.32 Å². The lowest BCUT2D eigenvalue weighted by Crippen LogP contribution is -2.39. The molecule has 0 aliphatic heterocycles. The zero-order valence-electron chi connectivity index (χ0n) is 14.8. The smallest absolute Gasteiger partial charge is 0.413 e. The molecule has 1 aromatic rings. The first kappa shape index (κ1) is 20.8. The van der Waals surface area contributed by atoms with Gasteiger partial charge in [0, 0.05) is 6.08 Å². The number of carbonyl (C=O) groups excluding carboxylic acids is 3. The maximum Gasteiger partial charge on any atom is 0.413 e. The molecular formula is C18H21NO7. The Morgan fingerprint density at radius 2 is 1.96 bits per heavy atom. The number of rotatable bonds is 8. The summed E-state index contributed by atoms with van der Waals surface area (Å²) in [4.78, 5) is 34.3. The Labute approximate surface area is 151 Å². The van der Waals surface area contributed by atoms with Crippen LogP contribution in [0, 0.1) is 0 Å². The molecule has 1 rings (SSSR count). The zero-order chi connectivity index (χ0) is 19.5. The van der Waals surface area contributed by atoms with Gasteiger partial charge in [-0.05, 0) is 30.7 Å². The van der Waals surface area contributed by atoms with Gasteiger partial charge in [0.2, 0.25) is 0 Å². The fraction of sp³-hybridized carbons (Fsp3) is 0.278. The third-order valence-electron chi connectivity index (χ3n) is 3.03. The van der Waals surface area contributed by atoms with Crippen molar-refractivity contribution in [3.63, 3.8) is 0 Å². The Hall–Kier alpha value is -3.29. The second kappa shape index (κ2) is 10.5. The Balaban J connectivity index is 2.68. The molecule has 0 saturated carbocycles. The highest BCUT2D eigenvalue weighted by molar-refractivity contribution is 5.96. The summed E-state index contributed by atoms with van der Waals surface area (Å²) >= 11 is 0. The van der Waals surface area contributed by atoms with E-state index in [0.717, 1.165) is 13.2 Å². The highest BCUT2D eigenvalue weighted by Crippen LogP contribution is 2.28. The highest BCUT2D eigenvalue weighted by Gasteiger charge is 2.19. The monoisotopic (exact) mass is 363 g/mol. The number of imide groups is 1. The van der Waals surface area contributed by atoms with Crippen molar-refractivity contribution in [2.24, 2.45) is 0 Å². The van der Waals surface area contributed by atoms with Gasteiger partial charge in [-0.25, -0.2) is 9.59 Å². The van der Waals surface area contributed by atoms with Crippen LogP contribution in [0.3, 0.4) is 0 Å². The highest BCUT2D eigenvalue weighted by atomic mass is 16.6. The number of nitrogens with one attached hydrogen (secondary N) is 1. The number of amides is 2. The molecule has 0 radical (unpaired) electrons. The van der Waals surface area contributed by atoms with Crippen molar-refractivity contribution < 1.29 is 33.3 Å². The molecule has 0 heterocycles. The first-order chi connectivity index (χ1) is 12.4. The normalized spacial score (nSPS) is 11.3. The molecule has 8 heteroatoms. The molecule has 8 nitrogen and oxygen atoms in total. The fourth-order valence-electron chi connectivity index (χ4n) is 1.74. The van der Waals surface area contributed by atoms with Crippen LogP contribution in [-0.4, -0.2) is 44.9 Å². The maximum absolute atomic E-state index is 11.8. The van der Waals surface area contributed by atoms with Gasteiger partial charge in [0.1, 0.15) is 6.61 Å². The van der Waals surface area contributed by atoms with Gasteiger partial charge in [0.25, 0.3) is 5.91 Å². The molecule has 0 bridgehead atoms. The minimum absolute atomic E-state index is 0.337. The third-order valence-corrected chi connectivity index (χ3v) is 3.03. The quantitative estimate of drug-likeness (QED) is 0.429. The van der Waals surface area contributed by atoms with E-state index >= 15 is 0 Å². The Bertz CT molecular complexity index is 697. The minimum Gasteiger partial charge on any atom is -0.493 e. The van der Waals surface area contributed by atoms with Gasteiger partial charge in [-0.15, -0.1) is 0 Å². The lowest BCUT2D eigenvalue weighted by Gasteiger charge is -2.11. The predicted molar refractivity (Wildman–Crippen MR) is 93.8 cm³/mol. The fourth-order valence-corrected chi connectivity index (χ4v) is 1.74. The molecule has 2 amide bonds. The lowest BCUT2D eigenvalue weighted by molar-refractivity contribution is -0.149. The summed E-state index contributed by atoms with van der Waals surface area (Å²) in [7, 11) is 2.61. The van der Waals surface area contributed by atoms with Crippen LogP contribution in [0.2, 0.25) is 0 Å². The standard InChI is InChI=1S/C18H21NO7/c1-5-10-25-14-8-6-13(11-15(14)23-3)7-9-16(20)26-12(2)17(21)19-18(22)24-4/h5-9,11-12H,1,10H2,2-4H3,(H,19,21,22)/b9-7+/t12-/m1/s1. The molecule has 0 fully saturated rings. The van der Waals surface area contributed by atoms with E-state index in [2.05, 4.69) is 11.3 Å². The van der Waals surface area contributed by atoms with E-state index in [9.17, 15) is 14.4 Å². The van der Waals surface area contributed by atoms with Gasteiger partial charge >= 0.3 is 12.1 Å². The van der Waals surface area contributed by atoms with Crippen LogP contribution < -0.4 is 14.8 Å². The van der Waals surface area contributed by atoms with Crippen LogP contribution >= 0.6 is 0 Å². The summed E-state index contributed by atoms with van der Waals surface area (Å²) in [6, 6.07) is 5.09. The summed E-state index contributed by atoms with van der Waals surface area (Å²) in [5.74, 6) is -0.499. The molecule has 0 unspecified atom stereocenters. The lowest BCUT2D eigenvalue weighted by atomic mass is 10.2. The summed E-state index contributed by atoms with van der Waals surface area (Å²) in [5, 5.41) is 1.91. The Morgan fingerprint density at radius 1 is 1.23 bits per heavy atom. The number of carbonyl (C=O) groups is 3. The van der Waals surface area contributed by atoms with E-state index in [0.29, 0.717) is 23.7 Å². The first-order valence-corrected chi connectivity index (χ1v) is 7.60. The van der Waals surface area contributed by atoms with Crippen molar-refractivity contribution in [3.8, 4) is 11.5 Å². The molecule has 1 atom stereocenters. The number of alkyl carbamates (subject to hydrolysis) is 1. The van der Waals surface area contributed by atoms with Crippen LogP contribution in [0.5, 0.6) is 11.5 Å². The van der Waals surface area contributed by atoms with Gasteiger partial charge < -0.3 is 18.9 Å². The van der Waals surface area contributed by atoms with Crippen LogP contribution in [0.1, 0.15) is 12.5 Å². The topological polar surface area (TPSA) is 100 Å². The number of hydrogen-bond acceptors (Lipinski definition) is 7. The SMILES string of the molecule is C=CCOc1ccc(/C=C/C(=O)O[C@H](C)C(=O)NC(=O)OC)cc1OC. The minimum atomic E-state index is -1.16. The average Bonchev–Trinajstić information content (AvgIpc) is 2.64. The molecule has 26 heavy (non-hydrogen) atoms. The predicted octanol–water partition coefficient (Wildman–Crippen LogP) is 2.09. The van der Waals surface area contributed by atoms with Crippen molar-refractivity contribution >= 4 is 24.0 Å². The number of benzene rings is 1. The summed E-state index contributed by atoms with van der Waals surface area (Å²) in [6.07, 6.45) is 2.17. The summed E-state index contributed by atoms with van der Waals surface area (Å²) in [6.45, 7) is 5.24. The largest absolute Gasteiger partial charge is 0.493 e. The van der Waals surface area contributed by atoms with Crippen LogP contribution in [0.15, 0.2) is 36.9 Å². The van der Waals surface area contributed by atoms with Crippen LogP contribution in [0.4, 0.5) is 4.79 Å². The third kappa shape index (κ3) is 6.68. The van der Waals surface area contributed by atoms with Gasteiger partial charge in [-0.1, -0.05) is 18.7 Å². The molecule has 140 valence electrons. The maximum atomic E-state index is 11.8. The average molecular weight is 363 g/mol. The van der Waals surface area contributed by atoms with Crippen molar-refractivity contribution in [1.29, 1.82) is 0 Å². The summed E-state index contributed by atoms with van der Waals surface area (Å²) < 4.78 is 19.8. The molecule has 0 saturated heterocycles. The number of ether oxygens (including phenoxy) is 4. The van der Waals surface area contributed by atoms with E-state index in [1.54, 1.807) is 24.3 Å². The van der Waals surface area contributed by atoms with E-state index < -0.39 is 24.1 Å². The van der Waals surface area contributed by atoms with Gasteiger partial charge in [-0.3, -0.25) is 10.1 Å². The van der Waals surface area contributed by atoms with Gasteiger partial charge in [-0.2, -0.15) is 0 Å². The first-order valence-electron chi connectivity index (χ1n) is 7.60. The number of hydrogen-bond donors (Lipinski definition) is 1. The second-order valence-corrected chi connectivity index (χ2v) is 4.90. The van der Waals surface area contributed by atoms with Crippen molar-refractivity contribution in [2.45, 2.75) is 13.0 Å². The van der Waals surface area contributed by atoms with Gasteiger partial charge in [0.15, 0.2) is 17.6 Å². The van der Waals surface area contributed by atoms with Crippen LogP contribution in [0.25, 0.3) is 6.08 Å². The molecule has 0 aliphatic rings. The van der Waals surface area contributed by atoms with Gasteiger partial charge in [0.05, 0.1) is 14.2 Å². The van der Waals surface area contributed by atoms with Crippen LogP contribution in [-0.2, 0) is 19.1 Å². The van der Waals surface area contributed by atoms with E-state index in [1.807, 2.05) is 5.32 Å². The Kier molecular flexibility index (Phi) is 8.42. The molecular weight excluding hydrogens is 342 g/mol. The molecule has 0 spiro atoms. The van der Waals surface area contributed by atoms with Crippen molar-refractivity contribution in [2.75, 3.05) is 20.8 Å². The number of esters is 1.